The third-order valence-electron chi connectivity index (χ3n) is 6.14. The van der Waals surface area contributed by atoms with E-state index >= 15 is 0 Å². The van der Waals surface area contributed by atoms with E-state index in [0.717, 1.165) is 29.7 Å². The molecule has 1 aliphatic rings. The fourth-order valence-electron chi connectivity index (χ4n) is 4.15. The third-order valence-corrected chi connectivity index (χ3v) is 7.33. The molecule has 0 aliphatic carbocycles. The Morgan fingerprint density at radius 2 is 2.02 bits per heavy atom. The number of amides is 1. The van der Waals surface area contributed by atoms with E-state index in [0.29, 0.717) is 45.9 Å². The van der Waals surface area contributed by atoms with Gasteiger partial charge in [0.05, 0.1) is 30.8 Å². The summed E-state index contributed by atoms with van der Waals surface area (Å²) in [6.45, 7) is 4.78. The van der Waals surface area contributed by atoms with E-state index in [4.69, 9.17) is 14.6 Å². The molecule has 1 amide bonds. The highest BCUT2D eigenvalue weighted by molar-refractivity contribution is 7.17. The van der Waals surface area contributed by atoms with Crippen molar-refractivity contribution in [3.63, 3.8) is 0 Å². The van der Waals surface area contributed by atoms with Crippen LogP contribution in [0.5, 0.6) is 11.5 Å². The van der Waals surface area contributed by atoms with Crippen LogP contribution in [0.4, 0.5) is 5.69 Å². The molecule has 2 aromatic carbocycles. The number of H-pyrrole nitrogens is 1. The molecule has 0 fully saturated rings. The van der Waals surface area contributed by atoms with Crippen molar-refractivity contribution in [2.24, 2.45) is 10.2 Å². The lowest BCUT2D eigenvalue weighted by Crippen LogP contribution is -2.32. The smallest absolute Gasteiger partial charge is 0.285 e. The van der Waals surface area contributed by atoms with E-state index in [1.54, 1.807) is 19.2 Å². The van der Waals surface area contributed by atoms with Crippen molar-refractivity contribution in [1.82, 2.24) is 30.6 Å². The van der Waals surface area contributed by atoms with E-state index in [1.807, 2.05) is 50.2 Å². The number of tetrazole rings is 1. The maximum Gasteiger partial charge on any atom is 0.285 e. The van der Waals surface area contributed by atoms with Crippen LogP contribution in [0.1, 0.15) is 46.5 Å². The first-order chi connectivity index (χ1) is 20.0. The molecular formula is C27H26N10O3S. The lowest BCUT2D eigenvalue weighted by atomic mass is 10.0. The molecule has 2 aromatic heterocycles. The topological polar surface area (TPSA) is 167 Å². The van der Waals surface area contributed by atoms with Crippen molar-refractivity contribution in [2.45, 2.75) is 26.7 Å². The largest absolute Gasteiger partial charge is 0.493 e. The third kappa shape index (κ3) is 6.04. The van der Waals surface area contributed by atoms with Crippen LogP contribution in [-0.2, 0) is 0 Å². The number of nitriles is 1. The number of benzene rings is 2. The molecule has 0 spiro atoms. The van der Waals surface area contributed by atoms with E-state index < -0.39 is 0 Å². The molecule has 1 aliphatic heterocycles. The van der Waals surface area contributed by atoms with Crippen molar-refractivity contribution in [2.75, 3.05) is 25.7 Å². The van der Waals surface area contributed by atoms with Crippen molar-refractivity contribution in [1.29, 1.82) is 5.26 Å². The first-order valence-electron chi connectivity index (χ1n) is 12.8. The van der Waals surface area contributed by atoms with Gasteiger partial charge in [0, 0.05) is 17.7 Å². The average Bonchev–Trinajstić information content (AvgIpc) is 3.68. The number of carbonyl (C=O) groups excluding carboxylic acids is 1. The number of aromatic nitrogens is 5. The number of hydrazone groups is 2. The van der Waals surface area contributed by atoms with Crippen LogP contribution in [0, 0.1) is 18.3 Å². The van der Waals surface area contributed by atoms with Crippen LogP contribution in [-0.4, -0.2) is 68.2 Å². The van der Waals surface area contributed by atoms with Crippen molar-refractivity contribution in [3.05, 3.63) is 64.4 Å². The summed E-state index contributed by atoms with van der Waals surface area (Å²) >= 11 is 1.33. The second-order valence-electron chi connectivity index (χ2n) is 8.81. The summed E-state index contributed by atoms with van der Waals surface area (Å²) in [4.78, 5) is 18.7. The summed E-state index contributed by atoms with van der Waals surface area (Å²) in [6.07, 6.45) is 1.55. The predicted octanol–water partition coefficient (Wildman–Crippen LogP) is 4.02. The van der Waals surface area contributed by atoms with Gasteiger partial charge in [-0.3, -0.25) is 10.2 Å². The summed E-state index contributed by atoms with van der Waals surface area (Å²) in [6, 6.07) is 14.9. The number of hydrogen-bond acceptors (Lipinski definition) is 12. The highest BCUT2D eigenvalue weighted by Gasteiger charge is 2.25. The van der Waals surface area contributed by atoms with Crippen molar-refractivity contribution >= 4 is 34.4 Å². The van der Waals surface area contributed by atoms with Gasteiger partial charge in [0.1, 0.15) is 16.0 Å². The number of carbonyl (C=O) groups is 1. The molecule has 41 heavy (non-hydrogen) atoms. The molecule has 0 saturated carbocycles. The number of thiazole rings is 1. The predicted molar refractivity (Wildman–Crippen MR) is 153 cm³/mol. The maximum absolute atomic E-state index is 13.5. The summed E-state index contributed by atoms with van der Waals surface area (Å²) in [5.74, 6) is 1.21. The molecule has 208 valence electrons. The maximum atomic E-state index is 13.5. The zero-order valence-electron chi connectivity index (χ0n) is 22.6. The molecule has 0 saturated heterocycles. The molecule has 3 heterocycles. The number of anilines is 1. The number of hydrogen-bond donors (Lipinski definition) is 2. The Balaban J connectivity index is 1.32. The van der Waals surface area contributed by atoms with Crippen molar-refractivity contribution < 1.29 is 14.3 Å². The molecular weight excluding hydrogens is 544 g/mol. The molecule has 2 N–H and O–H groups in total. The van der Waals surface area contributed by atoms with Crippen LogP contribution >= 0.6 is 11.3 Å². The van der Waals surface area contributed by atoms with Crippen molar-refractivity contribution in [3.8, 4) is 28.1 Å². The highest BCUT2D eigenvalue weighted by atomic mass is 32.1. The van der Waals surface area contributed by atoms with Gasteiger partial charge < -0.3 is 9.47 Å². The standard InChI is InChI=1S/C27H26N10O3S/c1-4-40-23-14-18(9-12-22(23)39-3)20-6-5-13-37(34-20)27(38)24-16(2)29-26(41-24)17-7-10-19(11-8-17)30-31-21(15-28)25-32-35-36-33-25/h7-12,14,30H,4-6,13H2,1-3H3,(H,32,33,35,36). The Kier molecular flexibility index (Phi) is 8.26. The van der Waals surface area contributed by atoms with Gasteiger partial charge in [0.25, 0.3) is 5.91 Å². The normalized spacial score (nSPS) is 13.4. The number of nitrogens with zero attached hydrogens (tertiary/aromatic N) is 8. The Morgan fingerprint density at radius 3 is 2.73 bits per heavy atom. The van der Waals surface area contributed by atoms with Crippen LogP contribution in [0.2, 0.25) is 0 Å². The monoisotopic (exact) mass is 570 g/mol. The summed E-state index contributed by atoms with van der Waals surface area (Å²) in [5.41, 5.74) is 6.65. The zero-order valence-corrected chi connectivity index (χ0v) is 23.4. The second kappa shape index (κ2) is 12.3. The number of aromatic amines is 1. The van der Waals surface area contributed by atoms with Crippen LogP contribution in [0.15, 0.2) is 52.7 Å². The van der Waals surface area contributed by atoms with E-state index in [-0.39, 0.29) is 17.4 Å². The lowest BCUT2D eigenvalue weighted by Gasteiger charge is -2.23. The minimum absolute atomic E-state index is 0.00761. The van der Waals surface area contributed by atoms with Gasteiger partial charge in [0.2, 0.25) is 11.5 Å². The fourth-order valence-corrected chi connectivity index (χ4v) is 5.16. The lowest BCUT2D eigenvalue weighted by molar-refractivity contribution is 0.0755. The molecule has 13 nitrogen and oxygen atoms in total. The van der Waals surface area contributed by atoms with Crippen LogP contribution < -0.4 is 14.9 Å². The Bertz CT molecular complexity index is 1640. The van der Waals surface area contributed by atoms with Crippen LogP contribution in [0.25, 0.3) is 10.6 Å². The SMILES string of the molecule is CCOc1cc(C2=NN(C(=O)c3sc(-c4ccc(NN=C(C#N)c5nn[nH]n5)cc4)nc3C)CCC2)ccc1OC. The number of rotatable bonds is 9. The van der Waals surface area contributed by atoms with E-state index in [9.17, 15) is 10.1 Å². The molecule has 0 unspecified atom stereocenters. The molecule has 4 aromatic rings. The highest BCUT2D eigenvalue weighted by Crippen LogP contribution is 2.32. The Hall–Kier alpha value is -5.16. The first kappa shape index (κ1) is 27.4. The minimum Gasteiger partial charge on any atom is -0.493 e. The number of ether oxygens (including phenoxy) is 2. The Morgan fingerprint density at radius 1 is 1.22 bits per heavy atom. The van der Waals surface area contributed by atoms with Gasteiger partial charge in [-0.1, -0.05) is 0 Å². The molecule has 0 bridgehead atoms. The van der Waals surface area contributed by atoms with E-state index in [2.05, 4.69) is 36.1 Å². The first-order valence-corrected chi connectivity index (χ1v) is 13.6. The number of aryl methyl sites for hydroxylation is 1. The Labute approximate surface area is 239 Å². The minimum atomic E-state index is -0.180. The average molecular weight is 571 g/mol. The zero-order chi connectivity index (χ0) is 28.8. The van der Waals surface area contributed by atoms with Crippen LogP contribution in [0.3, 0.4) is 0 Å². The van der Waals surface area contributed by atoms with Gasteiger partial charge in [0.15, 0.2) is 11.5 Å². The molecule has 14 heteroatoms. The molecule has 5 rings (SSSR count). The number of nitrogens with one attached hydrogen (secondary N) is 2. The fraction of sp³-hybridized carbons (Fsp3) is 0.259. The molecule has 0 atom stereocenters. The van der Waals surface area contributed by atoms with Gasteiger partial charge in [-0.25, -0.2) is 9.99 Å². The van der Waals surface area contributed by atoms with Gasteiger partial charge >= 0.3 is 0 Å². The molecule has 0 radical (unpaired) electrons. The van der Waals surface area contributed by atoms with Gasteiger partial charge in [-0.2, -0.15) is 20.7 Å². The van der Waals surface area contributed by atoms with Gasteiger partial charge in [-0.15, -0.1) is 21.5 Å². The quantitative estimate of drug-likeness (QED) is 0.223. The number of methoxy groups -OCH3 is 1. The summed E-state index contributed by atoms with van der Waals surface area (Å²) in [5, 5.41) is 33.5. The van der Waals surface area contributed by atoms with Gasteiger partial charge in [-0.05, 0) is 74.4 Å². The second-order valence-corrected chi connectivity index (χ2v) is 9.81. The summed E-state index contributed by atoms with van der Waals surface area (Å²) in [7, 11) is 1.60. The van der Waals surface area contributed by atoms with E-state index in [1.165, 1.54) is 16.3 Å². The summed E-state index contributed by atoms with van der Waals surface area (Å²) < 4.78 is 11.1.